The molecule has 0 saturated heterocycles. The van der Waals surface area contributed by atoms with Gasteiger partial charge in [-0.1, -0.05) is 18.2 Å². The monoisotopic (exact) mass is 444 g/mol. The van der Waals surface area contributed by atoms with Crippen LogP contribution in [0.1, 0.15) is 18.4 Å². The number of amides is 1. The first-order chi connectivity index (χ1) is 14.8. The summed E-state index contributed by atoms with van der Waals surface area (Å²) < 4.78 is 44.4. The summed E-state index contributed by atoms with van der Waals surface area (Å²) in [6, 6.07) is 16.4. The average molecular weight is 445 g/mol. The molecule has 3 rings (SSSR count). The molecule has 0 radical (unpaired) electrons. The summed E-state index contributed by atoms with van der Waals surface area (Å²) in [6.45, 7) is 0.579. The molecule has 6 nitrogen and oxygen atoms in total. The van der Waals surface area contributed by atoms with Crippen LogP contribution in [0.3, 0.4) is 0 Å². The number of carbonyl (C=O) groups excluding carboxylic acids is 1. The van der Waals surface area contributed by atoms with Gasteiger partial charge in [0.25, 0.3) is 0 Å². The number of hydrogen-bond donors (Lipinski definition) is 1. The first-order valence-electron chi connectivity index (χ1n) is 9.85. The van der Waals surface area contributed by atoms with Crippen LogP contribution in [0.15, 0.2) is 65.6 Å². The van der Waals surface area contributed by atoms with Crippen LogP contribution >= 0.6 is 0 Å². The fourth-order valence-electron chi connectivity index (χ4n) is 3.17. The Hall–Kier alpha value is -2.97. The summed E-state index contributed by atoms with van der Waals surface area (Å²) in [5.41, 5.74) is 0.974. The Kier molecular flexibility index (Phi) is 7.25. The molecule has 0 aliphatic carbocycles. The fourth-order valence-corrected chi connectivity index (χ4v) is 4.38. The van der Waals surface area contributed by atoms with E-state index in [-0.39, 0.29) is 23.8 Å². The zero-order valence-corrected chi connectivity index (χ0v) is 18.3. The van der Waals surface area contributed by atoms with Crippen molar-refractivity contribution in [2.75, 3.05) is 20.7 Å². The smallest absolute Gasteiger partial charge is 0.242 e. The number of benzene rings is 3. The Bertz CT molecular complexity index is 1160. The Balaban J connectivity index is 1.48. The summed E-state index contributed by atoms with van der Waals surface area (Å²) in [5.74, 6) is 0.145. The van der Waals surface area contributed by atoms with E-state index in [1.54, 1.807) is 7.11 Å². The standard InChI is InChI=1S/C23H25FN2O4S/c1-26(31(28,29)22-11-8-20(24)9-12-22)13-3-4-23(27)25-16-17-5-6-19-15-21(30-2)10-7-18(19)14-17/h5-12,14-15H,3-4,13,16H2,1-2H3,(H,25,27). The molecule has 0 aliphatic rings. The number of nitrogens with one attached hydrogen (secondary N) is 1. The molecule has 0 atom stereocenters. The normalized spacial score (nSPS) is 11.6. The number of carbonyl (C=O) groups is 1. The van der Waals surface area contributed by atoms with E-state index in [4.69, 9.17) is 4.74 Å². The first-order valence-corrected chi connectivity index (χ1v) is 11.3. The third kappa shape index (κ3) is 5.80. The molecule has 31 heavy (non-hydrogen) atoms. The van der Waals surface area contributed by atoms with Crippen molar-refractivity contribution in [3.8, 4) is 5.75 Å². The average Bonchev–Trinajstić information content (AvgIpc) is 2.77. The second-order valence-corrected chi connectivity index (χ2v) is 9.25. The lowest BCUT2D eigenvalue weighted by molar-refractivity contribution is -0.121. The molecular formula is C23H25FN2O4S. The number of ether oxygens (including phenoxy) is 1. The highest BCUT2D eigenvalue weighted by molar-refractivity contribution is 7.89. The third-order valence-electron chi connectivity index (χ3n) is 5.00. The Morgan fingerprint density at radius 1 is 1.03 bits per heavy atom. The van der Waals surface area contributed by atoms with E-state index in [2.05, 4.69) is 5.32 Å². The maximum Gasteiger partial charge on any atom is 0.242 e. The van der Waals surface area contributed by atoms with Crippen LogP contribution in [0.2, 0.25) is 0 Å². The van der Waals surface area contributed by atoms with Gasteiger partial charge in [-0.2, -0.15) is 0 Å². The molecule has 8 heteroatoms. The predicted molar refractivity (Wildman–Crippen MR) is 118 cm³/mol. The summed E-state index contributed by atoms with van der Waals surface area (Å²) >= 11 is 0. The second kappa shape index (κ2) is 9.89. The molecular weight excluding hydrogens is 419 g/mol. The predicted octanol–water partition coefficient (Wildman–Crippen LogP) is 3.70. The fraction of sp³-hybridized carbons (Fsp3) is 0.261. The van der Waals surface area contributed by atoms with Crippen molar-refractivity contribution in [3.63, 3.8) is 0 Å². The lowest BCUT2D eigenvalue weighted by Crippen LogP contribution is -2.29. The Labute approximate surface area is 181 Å². The molecule has 0 saturated carbocycles. The Morgan fingerprint density at radius 2 is 1.71 bits per heavy atom. The zero-order valence-electron chi connectivity index (χ0n) is 17.5. The first kappa shape index (κ1) is 22.7. The number of nitrogens with zero attached hydrogens (tertiary/aromatic N) is 1. The summed E-state index contributed by atoms with van der Waals surface area (Å²) in [7, 11) is -0.638. The molecule has 0 bridgehead atoms. The van der Waals surface area contributed by atoms with E-state index in [0.717, 1.165) is 34.2 Å². The molecule has 0 heterocycles. The highest BCUT2D eigenvalue weighted by atomic mass is 32.2. The number of rotatable bonds is 9. The molecule has 3 aromatic rings. The van der Waals surface area contributed by atoms with Gasteiger partial charge < -0.3 is 10.1 Å². The van der Waals surface area contributed by atoms with Crippen molar-refractivity contribution in [1.82, 2.24) is 9.62 Å². The van der Waals surface area contributed by atoms with Crippen molar-refractivity contribution < 1.29 is 22.3 Å². The lowest BCUT2D eigenvalue weighted by atomic mass is 10.1. The van der Waals surface area contributed by atoms with Gasteiger partial charge in [-0.3, -0.25) is 4.79 Å². The van der Waals surface area contributed by atoms with Gasteiger partial charge >= 0.3 is 0 Å². The van der Waals surface area contributed by atoms with Crippen LogP contribution in [-0.4, -0.2) is 39.3 Å². The van der Waals surface area contributed by atoms with Gasteiger partial charge in [0.2, 0.25) is 15.9 Å². The van der Waals surface area contributed by atoms with Gasteiger partial charge in [0.15, 0.2) is 0 Å². The van der Waals surface area contributed by atoms with Gasteiger partial charge in [0.1, 0.15) is 11.6 Å². The van der Waals surface area contributed by atoms with Gasteiger partial charge in [-0.15, -0.1) is 0 Å². The second-order valence-electron chi connectivity index (χ2n) is 7.21. The van der Waals surface area contributed by atoms with Crippen molar-refractivity contribution >= 4 is 26.7 Å². The summed E-state index contributed by atoms with van der Waals surface area (Å²) in [5, 5.41) is 4.97. The van der Waals surface area contributed by atoms with Gasteiger partial charge in [-0.05, 0) is 65.2 Å². The van der Waals surface area contributed by atoms with E-state index < -0.39 is 15.8 Å². The zero-order chi connectivity index (χ0) is 22.4. The van der Waals surface area contributed by atoms with Crippen LogP contribution in [0.25, 0.3) is 10.8 Å². The quantitative estimate of drug-likeness (QED) is 0.546. The third-order valence-corrected chi connectivity index (χ3v) is 6.87. The van der Waals surface area contributed by atoms with Crippen LogP contribution < -0.4 is 10.1 Å². The number of hydrogen-bond acceptors (Lipinski definition) is 4. The van der Waals surface area contributed by atoms with Crippen molar-refractivity contribution in [2.24, 2.45) is 0 Å². The largest absolute Gasteiger partial charge is 0.497 e. The minimum atomic E-state index is -3.71. The van der Waals surface area contributed by atoms with Crippen LogP contribution in [0.4, 0.5) is 4.39 Å². The van der Waals surface area contributed by atoms with E-state index >= 15 is 0 Å². The maximum absolute atomic E-state index is 13.0. The van der Waals surface area contributed by atoms with E-state index in [1.165, 1.54) is 23.5 Å². The topological polar surface area (TPSA) is 75.7 Å². The molecule has 1 amide bonds. The molecule has 0 spiro atoms. The molecule has 0 fully saturated rings. The van der Waals surface area contributed by atoms with Crippen molar-refractivity contribution in [1.29, 1.82) is 0 Å². The number of halogens is 1. The highest BCUT2D eigenvalue weighted by Crippen LogP contribution is 2.22. The van der Waals surface area contributed by atoms with Gasteiger partial charge in [-0.25, -0.2) is 17.1 Å². The van der Waals surface area contributed by atoms with Gasteiger partial charge in [0.05, 0.1) is 12.0 Å². The van der Waals surface area contributed by atoms with E-state index in [9.17, 15) is 17.6 Å². The molecule has 164 valence electrons. The summed E-state index contributed by atoms with van der Waals surface area (Å²) in [6.07, 6.45) is 0.578. The highest BCUT2D eigenvalue weighted by Gasteiger charge is 2.20. The van der Waals surface area contributed by atoms with Gasteiger partial charge in [0, 0.05) is 26.6 Å². The molecule has 0 aromatic heterocycles. The van der Waals surface area contributed by atoms with Crippen molar-refractivity contribution in [2.45, 2.75) is 24.3 Å². The number of fused-ring (bicyclic) bond motifs is 1. The molecule has 3 aromatic carbocycles. The van der Waals surface area contributed by atoms with E-state index in [0.29, 0.717) is 13.0 Å². The number of sulfonamides is 1. The maximum atomic E-state index is 13.0. The minimum Gasteiger partial charge on any atom is -0.497 e. The minimum absolute atomic E-state index is 0.0229. The number of methoxy groups -OCH3 is 1. The SMILES string of the molecule is COc1ccc2cc(CNC(=O)CCCN(C)S(=O)(=O)c3ccc(F)cc3)ccc2c1. The Morgan fingerprint density at radius 3 is 2.42 bits per heavy atom. The van der Waals surface area contributed by atoms with Crippen LogP contribution in [-0.2, 0) is 21.4 Å². The van der Waals surface area contributed by atoms with Crippen LogP contribution in [0, 0.1) is 5.82 Å². The van der Waals surface area contributed by atoms with Crippen molar-refractivity contribution in [3.05, 3.63) is 72.0 Å². The van der Waals surface area contributed by atoms with Crippen LogP contribution in [0.5, 0.6) is 5.75 Å². The lowest BCUT2D eigenvalue weighted by Gasteiger charge is -2.17. The summed E-state index contributed by atoms with van der Waals surface area (Å²) in [4.78, 5) is 12.2. The molecule has 0 unspecified atom stereocenters. The molecule has 1 N–H and O–H groups in total. The molecule has 0 aliphatic heterocycles. The van der Waals surface area contributed by atoms with E-state index in [1.807, 2.05) is 36.4 Å².